The Morgan fingerprint density at radius 2 is 1.80 bits per heavy atom. The molecule has 2 aromatic carbocycles. The van der Waals surface area contributed by atoms with E-state index in [9.17, 15) is 24.0 Å². The second-order valence-corrected chi connectivity index (χ2v) is 11.9. The van der Waals surface area contributed by atoms with Gasteiger partial charge in [0.25, 0.3) is 11.5 Å². The summed E-state index contributed by atoms with van der Waals surface area (Å²) < 4.78 is 23.0. The summed E-state index contributed by atoms with van der Waals surface area (Å²) in [6, 6.07) is 7.93. The lowest BCUT2D eigenvalue weighted by molar-refractivity contribution is 0.0912. The largest absolute Gasteiger partial charge is 0.445 e. The summed E-state index contributed by atoms with van der Waals surface area (Å²) in [6.07, 6.45) is 2.68. The molecule has 2 aliphatic rings. The van der Waals surface area contributed by atoms with Gasteiger partial charge in [0.2, 0.25) is 0 Å². The van der Waals surface area contributed by atoms with Gasteiger partial charge in [-0.2, -0.15) is 0 Å². The smallest absolute Gasteiger partial charge is 0.407 e. The number of hydrogen-bond acceptors (Lipinski definition) is 6. The van der Waals surface area contributed by atoms with E-state index in [1.165, 1.54) is 20.1 Å². The van der Waals surface area contributed by atoms with Gasteiger partial charge in [-0.3, -0.25) is 18.7 Å². The van der Waals surface area contributed by atoms with Gasteiger partial charge in [0.05, 0.1) is 16.6 Å². The van der Waals surface area contributed by atoms with Crippen molar-refractivity contribution in [3.05, 3.63) is 74.2 Å². The first-order chi connectivity index (χ1) is 21.5. The number of aromatic nitrogens is 2. The zero-order valence-corrected chi connectivity index (χ0v) is 25.7. The number of ether oxygens (including phenoxy) is 1. The SMILES string of the molecule is CCNC(=O)OCc1ccc(C(=O)N[C@@H]2CCCN(C(=O)Nc3cc4c(=O)n(CC5CC5)c(=O)n(C(C)C)c4cc3F)C2)cc1. The number of anilines is 1. The molecular formula is C32H39FN6O6. The first kappa shape index (κ1) is 31.7. The molecule has 1 atom stereocenters. The number of carbonyl (C=O) groups is 3. The standard InChI is InChI=1S/C32H39FN6O6/c1-4-34-31(43)45-18-21-9-11-22(12-10-21)28(40)35-23-6-5-13-37(17-23)30(42)36-26-14-24-27(15-25(26)33)39(19(2)3)32(44)38(29(24)41)16-20-7-8-20/h9-12,14-15,19-20,23H,4-8,13,16-18H2,1-3H3,(H,34,43)(H,35,40)(H,36,42)/t23-/m1/s1. The molecule has 1 aliphatic heterocycles. The van der Waals surface area contributed by atoms with Crippen molar-refractivity contribution in [1.82, 2.24) is 24.7 Å². The minimum atomic E-state index is -0.759. The van der Waals surface area contributed by atoms with Crippen molar-refractivity contribution in [1.29, 1.82) is 0 Å². The molecule has 1 aromatic heterocycles. The van der Waals surface area contributed by atoms with Crippen molar-refractivity contribution in [2.24, 2.45) is 5.92 Å². The number of urea groups is 1. The first-order valence-corrected chi connectivity index (χ1v) is 15.4. The van der Waals surface area contributed by atoms with E-state index >= 15 is 4.39 Å². The monoisotopic (exact) mass is 622 g/mol. The molecule has 12 nitrogen and oxygen atoms in total. The molecule has 2 heterocycles. The van der Waals surface area contributed by atoms with Gasteiger partial charge in [-0.25, -0.2) is 18.8 Å². The molecule has 3 aromatic rings. The number of fused-ring (bicyclic) bond motifs is 1. The molecule has 0 bridgehead atoms. The molecule has 1 saturated carbocycles. The van der Waals surface area contributed by atoms with E-state index in [-0.39, 0.29) is 53.7 Å². The molecule has 5 rings (SSSR count). The van der Waals surface area contributed by atoms with Crippen molar-refractivity contribution in [3.63, 3.8) is 0 Å². The molecule has 240 valence electrons. The predicted molar refractivity (Wildman–Crippen MR) is 167 cm³/mol. The van der Waals surface area contributed by atoms with Crippen LogP contribution in [0.15, 0.2) is 46.0 Å². The molecule has 45 heavy (non-hydrogen) atoms. The number of amides is 4. The van der Waals surface area contributed by atoms with Crippen LogP contribution in [-0.4, -0.2) is 57.7 Å². The van der Waals surface area contributed by atoms with Crippen LogP contribution in [0.25, 0.3) is 10.9 Å². The zero-order valence-electron chi connectivity index (χ0n) is 25.7. The zero-order chi connectivity index (χ0) is 32.2. The Balaban J connectivity index is 1.25. The Morgan fingerprint density at radius 1 is 1.07 bits per heavy atom. The lowest BCUT2D eigenvalue weighted by Gasteiger charge is -2.33. The van der Waals surface area contributed by atoms with Gasteiger partial charge in [-0.05, 0) is 76.1 Å². The Morgan fingerprint density at radius 3 is 2.47 bits per heavy atom. The molecule has 0 radical (unpaired) electrons. The Kier molecular flexibility index (Phi) is 9.54. The fourth-order valence-corrected chi connectivity index (χ4v) is 5.55. The van der Waals surface area contributed by atoms with Crippen LogP contribution in [0.5, 0.6) is 0 Å². The third-order valence-corrected chi connectivity index (χ3v) is 8.10. The van der Waals surface area contributed by atoms with Gasteiger partial charge in [0.1, 0.15) is 12.4 Å². The van der Waals surface area contributed by atoms with Crippen LogP contribution < -0.4 is 27.2 Å². The van der Waals surface area contributed by atoms with Gasteiger partial charge < -0.3 is 25.6 Å². The van der Waals surface area contributed by atoms with E-state index in [0.29, 0.717) is 38.0 Å². The summed E-state index contributed by atoms with van der Waals surface area (Å²) >= 11 is 0. The number of alkyl carbamates (subject to hydrolysis) is 1. The van der Waals surface area contributed by atoms with Crippen LogP contribution in [0.3, 0.4) is 0 Å². The third-order valence-electron chi connectivity index (χ3n) is 8.10. The average Bonchev–Trinajstić information content (AvgIpc) is 3.84. The summed E-state index contributed by atoms with van der Waals surface area (Å²) in [6.45, 7) is 6.87. The number of likely N-dealkylation sites (tertiary alicyclic amines) is 1. The number of hydrogen-bond donors (Lipinski definition) is 3. The van der Waals surface area contributed by atoms with Gasteiger partial charge in [0, 0.05) is 49.9 Å². The van der Waals surface area contributed by atoms with E-state index in [2.05, 4.69) is 16.0 Å². The van der Waals surface area contributed by atoms with Crippen molar-refractivity contribution in [2.75, 3.05) is 25.0 Å². The van der Waals surface area contributed by atoms with E-state index in [0.717, 1.165) is 24.5 Å². The normalized spacial score (nSPS) is 16.5. The summed E-state index contributed by atoms with van der Waals surface area (Å²) in [4.78, 5) is 65.6. The Hall–Kier alpha value is -4.68. The topological polar surface area (TPSA) is 144 Å². The van der Waals surface area contributed by atoms with Gasteiger partial charge in [0.15, 0.2) is 0 Å². The fraction of sp³-hybridized carbons (Fsp3) is 0.469. The average molecular weight is 623 g/mol. The summed E-state index contributed by atoms with van der Waals surface area (Å²) in [7, 11) is 0. The molecule has 0 spiro atoms. The van der Waals surface area contributed by atoms with Crippen LogP contribution in [0.4, 0.5) is 19.7 Å². The van der Waals surface area contributed by atoms with Crippen LogP contribution in [0.1, 0.15) is 68.4 Å². The summed E-state index contributed by atoms with van der Waals surface area (Å²) in [5.74, 6) is -0.789. The minimum Gasteiger partial charge on any atom is -0.445 e. The molecule has 2 fully saturated rings. The van der Waals surface area contributed by atoms with Crippen molar-refractivity contribution in [3.8, 4) is 0 Å². The second kappa shape index (κ2) is 13.5. The Bertz CT molecular complexity index is 1710. The highest BCUT2D eigenvalue weighted by Gasteiger charge is 2.28. The third kappa shape index (κ3) is 7.35. The van der Waals surface area contributed by atoms with E-state index < -0.39 is 29.2 Å². The number of nitrogens with zero attached hydrogens (tertiary/aromatic N) is 3. The van der Waals surface area contributed by atoms with E-state index in [4.69, 9.17) is 4.74 Å². The molecule has 1 aliphatic carbocycles. The van der Waals surface area contributed by atoms with E-state index in [1.54, 1.807) is 45.0 Å². The number of piperidine rings is 1. The number of nitrogens with one attached hydrogen (secondary N) is 3. The summed E-state index contributed by atoms with van der Waals surface area (Å²) in [5.41, 5.74) is 0.216. The highest BCUT2D eigenvalue weighted by atomic mass is 19.1. The van der Waals surface area contributed by atoms with Gasteiger partial charge >= 0.3 is 17.8 Å². The minimum absolute atomic E-state index is 0.0756. The quantitative estimate of drug-likeness (QED) is 0.330. The van der Waals surface area contributed by atoms with Crippen molar-refractivity contribution < 1.29 is 23.5 Å². The lowest BCUT2D eigenvalue weighted by atomic mass is 10.0. The molecule has 0 unspecified atom stereocenters. The van der Waals surface area contributed by atoms with E-state index in [1.807, 2.05) is 0 Å². The van der Waals surface area contributed by atoms with Crippen LogP contribution in [0.2, 0.25) is 0 Å². The fourth-order valence-electron chi connectivity index (χ4n) is 5.55. The number of benzene rings is 2. The van der Waals surface area contributed by atoms with Crippen molar-refractivity contribution in [2.45, 2.75) is 71.7 Å². The second-order valence-electron chi connectivity index (χ2n) is 11.9. The first-order valence-electron chi connectivity index (χ1n) is 15.4. The van der Waals surface area contributed by atoms with Gasteiger partial charge in [-0.1, -0.05) is 12.1 Å². The van der Waals surface area contributed by atoms with Crippen LogP contribution in [0, 0.1) is 11.7 Å². The van der Waals surface area contributed by atoms with Crippen LogP contribution >= 0.6 is 0 Å². The lowest BCUT2D eigenvalue weighted by Crippen LogP contribution is -2.50. The van der Waals surface area contributed by atoms with Crippen LogP contribution in [-0.2, 0) is 17.9 Å². The number of rotatable bonds is 9. The van der Waals surface area contributed by atoms with Gasteiger partial charge in [-0.15, -0.1) is 0 Å². The molecule has 4 amide bonds. The highest BCUT2D eigenvalue weighted by molar-refractivity contribution is 5.95. The molecule has 3 N–H and O–H groups in total. The molecule has 1 saturated heterocycles. The number of halogens is 1. The Labute approximate surface area is 259 Å². The highest BCUT2D eigenvalue weighted by Crippen LogP contribution is 2.30. The molecular weight excluding hydrogens is 583 g/mol. The maximum atomic E-state index is 15.3. The van der Waals surface area contributed by atoms with Crippen molar-refractivity contribution >= 4 is 34.6 Å². The molecule has 13 heteroatoms. The maximum absolute atomic E-state index is 15.3. The maximum Gasteiger partial charge on any atom is 0.407 e. The summed E-state index contributed by atoms with van der Waals surface area (Å²) in [5, 5.41) is 8.26. The number of carbonyl (C=O) groups excluding carboxylic acids is 3. The predicted octanol–water partition coefficient (Wildman–Crippen LogP) is 3.97.